The van der Waals surface area contributed by atoms with Crippen molar-refractivity contribution in [2.45, 2.75) is 46.5 Å². The number of benzene rings is 1. The Morgan fingerprint density at radius 1 is 1.28 bits per heavy atom. The predicted octanol–water partition coefficient (Wildman–Crippen LogP) is 4.05. The maximum atomic E-state index is 5.59. The van der Waals surface area contributed by atoms with Crippen molar-refractivity contribution in [3.05, 3.63) is 47.3 Å². The summed E-state index contributed by atoms with van der Waals surface area (Å²) in [6, 6.07) is 8.64. The van der Waals surface area contributed by atoms with E-state index in [4.69, 9.17) is 10.7 Å². The summed E-state index contributed by atoms with van der Waals surface area (Å²) in [5.41, 5.74) is 10.3. The van der Waals surface area contributed by atoms with Gasteiger partial charge in [0.2, 0.25) is 0 Å². The van der Waals surface area contributed by atoms with Gasteiger partial charge in [0.15, 0.2) is 0 Å². The second-order valence-corrected chi connectivity index (χ2v) is 4.37. The first kappa shape index (κ1) is 14.5. The first-order valence-electron chi connectivity index (χ1n) is 6.82. The monoisotopic (exact) mass is 244 g/mol. The van der Waals surface area contributed by atoms with Crippen LogP contribution in [0, 0.1) is 0 Å². The molecule has 0 aliphatic heterocycles. The molecule has 0 aliphatic carbocycles. The number of hydrogen-bond donors (Lipinski definition) is 1. The van der Waals surface area contributed by atoms with Gasteiger partial charge in [-0.1, -0.05) is 45.4 Å². The highest BCUT2D eigenvalue weighted by Gasteiger charge is 2.04. The Balaban J connectivity index is 3.10. The smallest absolute Gasteiger partial charge is 0.0558 e. The molecule has 0 saturated carbocycles. The van der Waals surface area contributed by atoms with Gasteiger partial charge in [0.25, 0.3) is 0 Å². The third kappa shape index (κ3) is 4.02. The van der Waals surface area contributed by atoms with Crippen molar-refractivity contribution in [1.82, 2.24) is 0 Å². The molecule has 0 bridgehead atoms. The van der Waals surface area contributed by atoms with E-state index in [0.717, 1.165) is 37.1 Å². The molecule has 0 amide bonds. The van der Waals surface area contributed by atoms with E-state index in [9.17, 15) is 0 Å². The van der Waals surface area contributed by atoms with Crippen LogP contribution in [0.25, 0.3) is 0 Å². The van der Waals surface area contributed by atoms with E-state index in [2.05, 4.69) is 45.0 Å². The molecule has 1 aromatic carbocycles. The van der Waals surface area contributed by atoms with Crippen LogP contribution in [0.4, 0.5) is 0 Å². The molecule has 0 spiro atoms. The maximum absolute atomic E-state index is 5.59. The van der Waals surface area contributed by atoms with E-state index in [1.54, 1.807) is 6.20 Å². The Morgan fingerprint density at radius 2 is 2.06 bits per heavy atom. The molecule has 2 nitrogen and oxygen atoms in total. The van der Waals surface area contributed by atoms with Crippen LogP contribution >= 0.6 is 0 Å². The van der Waals surface area contributed by atoms with Gasteiger partial charge in [0.1, 0.15) is 0 Å². The predicted molar refractivity (Wildman–Crippen MR) is 79.8 cm³/mol. The van der Waals surface area contributed by atoms with Crippen LogP contribution in [-0.4, -0.2) is 5.71 Å². The molecule has 0 saturated heterocycles. The average molecular weight is 244 g/mol. The fraction of sp³-hybridized carbons (Fsp3) is 0.438. The van der Waals surface area contributed by atoms with E-state index in [1.165, 1.54) is 11.1 Å². The average Bonchev–Trinajstić information content (AvgIpc) is 2.43. The molecule has 18 heavy (non-hydrogen) atoms. The minimum Gasteiger partial charge on any atom is -0.403 e. The third-order valence-electron chi connectivity index (χ3n) is 2.99. The number of rotatable bonds is 6. The molecule has 0 atom stereocenters. The Kier molecular flexibility index (Phi) is 6.20. The molecule has 0 radical (unpaired) electrons. The summed E-state index contributed by atoms with van der Waals surface area (Å²) >= 11 is 0. The van der Waals surface area contributed by atoms with Crippen molar-refractivity contribution in [1.29, 1.82) is 0 Å². The SMILES string of the molecule is CCC/C(=N\C(=C/N)CC)c1cccc(CC)c1. The van der Waals surface area contributed by atoms with Crippen molar-refractivity contribution >= 4 is 5.71 Å². The summed E-state index contributed by atoms with van der Waals surface area (Å²) in [4.78, 5) is 4.70. The van der Waals surface area contributed by atoms with Gasteiger partial charge in [-0.3, -0.25) is 4.99 Å². The number of nitrogens with two attached hydrogens (primary N) is 1. The molecule has 1 aromatic rings. The number of aliphatic imine (C=N–C) groups is 1. The summed E-state index contributed by atoms with van der Waals surface area (Å²) < 4.78 is 0. The topological polar surface area (TPSA) is 38.4 Å². The highest BCUT2D eigenvalue weighted by Crippen LogP contribution is 2.13. The normalized spacial score (nSPS) is 12.8. The van der Waals surface area contributed by atoms with Crippen LogP contribution in [0.2, 0.25) is 0 Å². The second kappa shape index (κ2) is 7.70. The van der Waals surface area contributed by atoms with Crippen molar-refractivity contribution < 1.29 is 0 Å². The summed E-state index contributed by atoms with van der Waals surface area (Å²) in [5, 5.41) is 0. The van der Waals surface area contributed by atoms with Crippen molar-refractivity contribution in [3.8, 4) is 0 Å². The molecule has 0 heterocycles. The maximum Gasteiger partial charge on any atom is 0.0558 e. The Labute approximate surface area is 111 Å². The van der Waals surface area contributed by atoms with Gasteiger partial charge in [-0.05, 0) is 36.5 Å². The molecular formula is C16H24N2. The number of nitrogens with zero attached hydrogens (tertiary/aromatic N) is 1. The lowest BCUT2D eigenvalue weighted by atomic mass is 10.0. The van der Waals surface area contributed by atoms with Crippen LogP contribution < -0.4 is 5.73 Å². The largest absolute Gasteiger partial charge is 0.403 e. The molecule has 0 fully saturated rings. The van der Waals surface area contributed by atoms with Gasteiger partial charge in [-0.15, -0.1) is 0 Å². The number of aryl methyl sites for hydroxylation is 1. The summed E-state index contributed by atoms with van der Waals surface area (Å²) in [5.74, 6) is 0. The lowest BCUT2D eigenvalue weighted by Crippen LogP contribution is -2.03. The standard InChI is InChI=1S/C16H24N2/c1-4-8-16(18-15(6-3)12-17)14-10-7-9-13(5-2)11-14/h7,9-12H,4-6,8,17H2,1-3H3/b15-12-,18-16+. The van der Waals surface area contributed by atoms with Crippen LogP contribution in [0.1, 0.15) is 51.2 Å². The van der Waals surface area contributed by atoms with Gasteiger partial charge in [0.05, 0.1) is 5.70 Å². The first-order chi connectivity index (χ1) is 8.74. The molecular weight excluding hydrogens is 220 g/mol. The third-order valence-corrected chi connectivity index (χ3v) is 2.99. The summed E-state index contributed by atoms with van der Waals surface area (Å²) in [6.45, 7) is 6.43. The quantitative estimate of drug-likeness (QED) is 0.753. The van der Waals surface area contributed by atoms with Crippen LogP contribution in [0.5, 0.6) is 0 Å². The first-order valence-corrected chi connectivity index (χ1v) is 6.82. The zero-order chi connectivity index (χ0) is 13.4. The van der Waals surface area contributed by atoms with Gasteiger partial charge in [-0.25, -0.2) is 0 Å². The molecule has 0 aromatic heterocycles. The minimum atomic E-state index is 0.872. The Bertz CT molecular complexity index is 430. The molecule has 0 unspecified atom stereocenters. The van der Waals surface area contributed by atoms with Gasteiger partial charge < -0.3 is 5.73 Å². The van der Waals surface area contributed by atoms with E-state index in [-0.39, 0.29) is 0 Å². The van der Waals surface area contributed by atoms with E-state index in [0.29, 0.717) is 0 Å². The van der Waals surface area contributed by atoms with Gasteiger partial charge in [-0.2, -0.15) is 0 Å². The molecule has 2 heteroatoms. The molecule has 0 aliphatic rings. The highest BCUT2D eigenvalue weighted by molar-refractivity contribution is 6.01. The fourth-order valence-corrected chi connectivity index (χ4v) is 1.88. The van der Waals surface area contributed by atoms with Gasteiger partial charge >= 0.3 is 0 Å². The Hall–Kier alpha value is -1.57. The fourth-order valence-electron chi connectivity index (χ4n) is 1.88. The van der Waals surface area contributed by atoms with E-state index < -0.39 is 0 Å². The Morgan fingerprint density at radius 3 is 2.61 bits per heavy atom. The molecule has 1 rings (SSSR count). The highest BCUT2D eigenvalue weighted by atomic mass is 14.8. The van der Waals surface area contributed by atoms with Crippen molar-refractivity contribution in [3.63, 3.8) is 0 Å². The lowest BCUT2D eigenvalue weighted by Gasteiger charge is -2.08. The second-order valence-electron chi connectivity index (χ2n) is 4.37. The van der Waals surface area contributed by atoms with Crippen LogP contribution in [-0.2, 0) is 6.42 Å². The lowest BCUT2D eigenvalue weighted by molar-refractivity contribution is 0.974. The molecule has 2 N–H and O–H groups in total. The van der Waals surface area contributed by atoms with Crippen molar-refractivity contribution in [2.24, 2.45) is 10.7 Å². The van der Waals surface area contributed by atoms with E-state index in [1.807, 2.05) is 0 Å². The minimum absolute atomic E-state index is 0.872. The summed E-state index contributed by atoms with van der Waals surface area (Å²) in [6.07, 6.45) is 5.62. The van der Waals surface area contributed by atoms with Crippen LogP contribution in [0.3, 0.4) is 0 Å². The van der Waals surface area contributed by atoms with Crippen molar-refractivity contribution in [2.75, 3.05) is 0 Å². The molecule has 98 valence electrons. The zero-order valence-corrected chi connectivity index (χ0v) is 11.7. The van der Waals surface area contributed by atoms with Crippen LogP contribution in [0.15, 0.2) is 41.2 Å². The van der Waals surface area contributed by atoms with Gasteiger partial charge in [0, 0.05) is 11.9 Å². The summed E-state index contributed by atoms with van der Waals surface area (Å²) in [7, 11) is 0. The number of hydrogen-bond acceptors (Lipinski definition) is 2. The number of allylic oxidation sites excluding steroid dienone is 1. The zero-order valence-electron chi connectivity index (χ0n) is 11.7. The van der Waals surface area contributed by atoms with E-state index >= 15 is 0 Å².